The van der Waals surface area contributed by atoms with Crippen LogP contribution in [0.4, 0.5) is 4.79 Å². The van der Waals surface area contributed by atoms with E-state index in [1.807, 2.05) is 0 Å². The van der Waals surface area contributed by atoms with Crippen molar-refractivity contribution in [1.82, 2.24) is 4.90 Å². The van der Waals surface area contributed by atoms with E-state index >= 15 is 0 Å². The lowest BCUT2D eigenvalue weighted by atomic mass is 9.98. The first-order chi connectivity index (χ1) is 5.70. The predicted molar refractivity (Wildman–Crippen MR) is 46.7 cm³/mol. The van der Waals surface area contributed by atoms with E-state index in [0.29, 0.717) is 0 Å². The minimum absolute atomic E-state index is 0.119. The molecule has 0 aromatic carbocycles. The zero-order valence-corrected chi connectivity index (χ0v) is 7.75. The summed E-state index contributed by atoms with van der Waals surface area (Å²) in [7, 11) is 3.41. The van der Waals surface area contributed by atoms with Crippen molar-refractivity contribution in [2.45, 2.75) is 31.8 Å². The van der Waals surface area contributed by atoms with Gasteiger partial charge in [-0.1, -0.05) is 0 Å². The third-order valence-corrected chi connectivity index (χ3v) is 2.00. The summed E-state index contributed by atoms with van der Waals surface area (Å²) in [5.74, 6) is 0. The van der Waals surface area contributed by atoms with E-state index in [9.17, 15) is 4.79 Å². The fourth-order valence-electron chi connectivity index (χ4n) is 1.27. The highest BCUT2D eigenvalue weighted by Gasteiger charge is 2.18. The maximum Gasteiger partial charge on any atom is 0.409 e. The SMILES string of the molecule is CN(C)C(=O)OC1C[CH]CCC1. The summed E-state index contributed by atoms with van der Waals surface area (Å²) < 4.78 is 5.21. The van der Waals surface area contributed by atoms with E-state index in [0.717, 1.165) is 25.7 Å². The molecule has 0 N–H and O–H groups in total. The molecule has 12 heavy (non-hydrogen) atoms. The Morgan fingerprint density at radius 1 is 1.58 bits per heavy atom. The first kappa shape index (κ1) is 9.36. The topological polar surface area (TPSA) is 29.5 Å². The monoisotopic (exact) mass is 170 g/mol. The number of nitrogens with zero attached hydrogens (tertiary/aromatic N) is 1. The molecule has 0 saturated heterocycles. The van der Waals surface area contributed by atoms with Gasteiger partial charge < -0.3 is 9.64 Å². The van der Waals surface area contributed by atoms with Gasteiger partial charge in [-0.2, -0.15) is 0 Å². The van der Waals surface area contributed by atoms with Gasteiger partial charge in [-0.3, -0.25) is 0 Å². The fraction of sp³-hybridized carbons (Fsp3) is 0.778. The molecule has 0 aliphatic heterocycles. The Labute approximate surface area is 73.7 Å². The molecule has 1 rings (SSSR count). The zero-order valence-electron chi connectivity index (χ0n) is 7.75. The van der Waals surface area contributed by atoms with Gasteiger partial charge in [0.15, 0.2) is 0 Å². The number of hydrogen-bond acceptors (Lipinski definition) is 2. The van der Waals surface area contributed by atoms with Crippen LogP contribution in [-0.2, 0) is 4.74 Å². The first-order valence-electron chi connectivity index (χ1n) is 4.39. The number of amides is 1. The van der Waals surface area contributed by atoms with Crippen molar-refractivity contribution in [2.75, 3.05) is 14.1 Å². The van der Waals surface area contributed by atoms with Crippen molar-refractivity contribution >= 4 is 6.09 Å². The molecule has 1 aliphatic rings. The van der Waals surface area contributed by atoms with Gasteiger partial charge in [-0.05, 0) is 32.1 Å². The van der Waals surface area contributed by atoms with Crippen LogP contribution >= 0.6 is 0 Å². The van der Waals surface area contributed by atoms with Gasteiger partial charge >= 0.3 is 6.09 Å². The molecular weight excluding hydrogens is 154 g/mol. The van der Waals surface area contributed by atoms with Crippen molar-refractivity contribution in [3.8, 4) is 0 Å². The summed E-state index contributed by atoms with van der Waals surface area (Å²) in [6, 6.07) is 0. The Morgan fingerprint density at radius 2 is 2.33 bits per heavy atom. The smallest absolute Gasteiger partial charge is 0.409 e. The summed E-state index contributed by atoms with van der Waals surface area (Å²) >= 11 is 0. The standard InChI is InChI=1S/C9H16NO2/c1-10(2)9(11)12-8-6-4-3-5-7-8/h4,8H,3,5-7H2,1-2H3. The molecule has 69 valence electrons. The number of ether oxygens (including phenoxy) is 1. The van der Waals surface area contributed by atoms with Crippen molar-refractivity contribution in [1.29, 1.82) is 0 Å². The molecule has 0 spiro atoms. The van der Waals surface area contributed by atoms with E-state index < -0.39 is 0 Å². The fourth-order valence-corrected chi connectivity index (χ4v) is 1.27. The van der Waals surface area contributed by atoms with Crippen LogP contribution in [0.25, 0.3) is 0 Å². The molecule has 3 heteroatoms. The molecule has 0 aromatic rings. The second-order valence-electron chi connectivity index (χ2n) is 3.36. The van der Waals surface area contributed by atoms with E-state index in [-0.39, 0.29) is 12.2 Å². The Balaban J connectivity index is 2.24. The molecule has 1 aliphatic carbocycles. The van der Waals surface area contributed by atoms with Crippen molar-refractivity contribution in [3.05, 3.63) is 6.42 Å². The molecule has 1 amide bonds. The average molecular weight is 170 g/mol. The Hall–Kier alpha value is -0.730. The lowest BCUT2D eigenvalue weighted by Crippen LogP contribution is -2.29. The summed E-state index contributed by atoms with van der Waals surface area (Å²) in [5.41, 5.74) is 0. The van der Waals surface area contributed by atoms with Crippen LogP contribution in [0.15, 0.2) is 0 Å². The van der Waals surface area contributed by atoms with Crippen LogP contribution < -0.4 is 0 Å². The lowest BCUT2D eigenvalue weighted by Gasteiger charge is -2.23. The molecular formula is C9H16NO2. The van der Waals surface area contributed by atoms with Crippen LogP contribution in [0.1, 0.15) is 25.7 Å². The van der Waals surface area contributed by atoms with Gasteiger partial charge in [-0.25, -0.2) is 4.79 Å². The Morgan fingerprint density at radius 3 is 2.83 bits per heavy atom. The maximum absolute atomic E-state index is 11.1. The van der Waals surface area contributed by atoms with Crippen molar-refractivity contribution < 1.29 is 9.53 Å². The normalized spacial score (nSPS) is 18.8. The molecule has 3 nitrogen and oxygen atoms in total. The van der Waals surface area contributed by atoms with Gasteiger partial charge in [-0.15, -0.1) is 0 Å². The zero-order chi connectivity index (χ0) is 8.97. The van der Waals surface area contributed by atoms with Gasteiger partial charge in [0.1, 0.15) is 6.10 Å². The minimum atomic E-state index is -0.227. The largest absolute Gasteiger partial charge is 0.446 e. The van der Waals surface area contributed by atoms with Crippen LogP contribution in [0.5, 0.6) is 0 Å². The lowest BCUT2D eigenvalue weighted by molar-refractivity contribution is 0.0636. The van der Waals surface area contributed by atoms with Crippen LogP contribution in [0.3, 0.4) is 0 Å². The quantitative estimate of drug-likeness (QED) is 0.601. The van der Waals surface area contributed by atoms with E-state index in [1.165, 1.54) is 4.90 Å². The highest BCUT2D eigenvalue weighted by Crippen LogP contribution is 2.19. The summed E-state index contributed by atoms with van der Waals surface area (Å²) in [6.45, 7) is 0. The third-order valence-electron chi connectivity index (χ3n) is 2.00. The highest BCUT2D eigenvalue weighted by molar-refractivity contribution is 5.66. The molecule has 1 atom stereocenters. The number of hydrogen-bond donors (Lipinski definition) is 0. The third kappa shape index (κ3) is 2.72. The first-order valence-corrected chi connectivity index (χ1v) is 4.39. The summed E-state index contributed by atoms with van der Waals surface area (Å²) in [4.78, 5) is 12.6. The van der Waals surface area contributed by atoms with Crippen LogP contribution in [-0.4, -0.2) is 31.2 Å². The Bertz CT molecular complexity index is 151. The molecule has 1 saturated carbocycles. The van der Waals surface area contributed by atoms with Gasteiger partial charge in [0.2, 0.25) is 0 Å². The second kappa shape index (κ2) is 4.33. The van der Waals surface area contributed by atoms with E-state index in [1.54, 1.807) is 14.1 Å². The maximum atomic E-state index is 11.1. The van der Waals surface area contributed by atoms with Crippen LogP contribution in [0.2, 0.25) is 0 Å². The van der Waals surface area contributed by atoms with Gasteiger partial charge in [0.05, 0.1) is 0 Å². The van der Waals surface area contributed by atoms with Gasteiger partial charge in [0.25, 0.3) is 0 Å². The van der Waals surface area contributed by atoms with Crippen molar-refractivity contribution in [3.63, 3.8) is 0 Å². The average Bonchev–Trinajstić information content (AvgIpc) is 2.06. The molecule has 1 radical (unpaired) electrons. The number of carbonyl (C=O) groups excluding carboxylic acids is 1. The van der Waals surface area contributed by atoms with Gasteiger partial charge in [0, 0.05) is 14.1 Å². The van der Waals surface area contributed by atoms with E-state index in [4.69, 9.17) is 4.74 Å². The second-order valence-corrected chi connectivity index (χ2v) is 3.36. The number of rotatable bonds is 1. The molecule has 0 bridgehead atoms. The summed E-state index contributed by atoms with van der Waals surface area (Å²) in [5, 5.41) is 0. The van der Waals surface area contributed by atoms with Crippen molar-refractivity contribution in [2.24, 2.45) is 0 Å². The molecule has 0 heterocycles. The van der Waals surface area contributed by atoms with Crippen LogP contribution in [0, 0.1) is 6.42 Å². The predicted octanol–water partition coefficient (Wildman–Crippen LogP) is 1.83. The molecule has 1 unspecified atom stereocenters. The van der Waals surface area contributed by atoms with E-state index in [2.05, 4.69) is 6.42 Å². The Kier molecular flexibility index (Phi) is 3.38. The number of carbonyl (C=O) groups is 1. The molecule has 0 aromatic heterocycles. The summed E-state index contributed by atoms with van der Waals surface area (Å²) in [6.07, 6.45) is 6.32. The molecule has 1 fully saturated rings. The minimum Gasteiger partial charge on any atom is -0.446 e. The highest BCUT2D eigenvalue weighted by atomic mass is 16.6.